The number of nitrogens with zero attached hydrogens (tertiary/aromatic N) is 2. The molecule has 0 aliphatic carbocycles. The van der Waals surface area contributed by atoms with Gasteiger partial charge in [-0.2, -0.15) is 0 Å². The van der Waals surface area contributed by atoms with Crippen molar-refractivity contribution in [1.29, 1.82) is 0 Å². The largest absolute Gasteiger partial charge is 0.465 e. The van der Waals surface area contributed by atoms with E-state index in [0.29, 0.717) is 43.1 Å². The molecule has 1 saturated heterocycles. The Morgan fingerprint density at radius 2 is 1.68 bits per heavy atom. The number of carboxylic acid groups (broad SMARTS) is 1. The molecule has 0 bridgehead atoms. The van der Waals surface area contributed by atoms with Gasteiger partial charge in [0.2, 0.25) is 11.8 Å². The van der Waals surface area contributed by atoms with Gasteiger partial charge in [-0.3, -0.25) is 14.5 Å². The average Bonchev–Trinajstić information content (AvgIpc) is 2.88. The predicted molar refractivity (Wildman–Crippen MR) is 140 cm³/mol. The maximum Gasteiger partial charge on any atom is 0.405 e. The molecule has 2 aromatic carbocycles. The second kappa shape index (κ2) is 13.4. The van der Waals surface area contributed by atoms with Gasteiger partial charge in [0.15, 0.2) is 0 Å². The number of carbonyl (C=O) groups excluding carboxylic acids is 2. The third kappa shape index (κ3) is 7.90. The van der Waals surface area contributed by atoms with Gasteiger partial charge < -0.3 is 20.6 Å². The number of likely N-dealkylation sites (N-methyl/N-ethyl adjacent to an activating group) is 1. The summed E-state index contributed by atoms with van der Waals surface area (Å²) in [6.45, 7) is 3.34. The Bertz CT molecular complexity index is 1070. The number of hydrogen-bond acceptors (Lipinski definition) is 4. The molecule has 3 amide bonds. The zero-order valence-corrected chi connectivity index (χ0v) is 21.9. The van der Waals surface area contributed by atoms with Crippen LogP contribution in [-0.2, 0) is 22.4 Å². The lowest BCUT2D eigenvalue weighted by Gasteiger charge is -2.45. The van der Waals surface area contributed by atoms with Crippen LogP contribution in [0.4, 0.5) is 9.18 Å². The fourth-order valence-corrected chi connectivity index (χ4v) is 4.96. The quantitative estimate of drug-likeness (QED) is 0.436. The molecule has 3 unspecified atom stereocenters. The maximum atomic E-state index is 13.6. The van der Waals surface area contributed by atoms with Crippen molar-refractivity contribution in [3.05, 3.63) is 70.5 Å². The lowest BCUT2D eigenvalue weighted by molar-refractivity contribution is -0.140. The summed E-state index contributed by atoms with van der Waals surface area (Å²) in [6.07, 6.45) is 0.840. The molecule has 3 atom stereocenters. The highest BCUT2D eigenvalue weighted by molar-refractivity contribution is 6.30. The van der Waals surface area contributed by atoms with Crippen LogP contribution >= 0.6 is 11.6 Å². The molecule has 0 radical (unpaired) electrons. The number of nitrogens with one attached hydrogen (secondary N) is 2. The molecular formula is C27H34ClFN4O4. The fourth-order valence-electron chi connectivity index (χ4n) is 4.84. The van der Waals surface area contributed by atoms with Crippen LogP contribution in [0.5, 0.6) is 0 Å². The Labute approximate surface area is 221 Å². The summed E-state index contributed by atoms with van der Waals surface area (Å²) in [5, 5.41) is 15.1. The van der Waals surface area contributed by atoms with Gasteiger partial charge in [-0.05, 0) is 48.2 Å². The van der Waals surface area contributed by atoms with Crippen LogP contribution in [0.2, 0.25) is 5.02 Å². The minimum Gasteiger partial charge on any atom is -0.465 e. The van der Waals surface area contributed by atoms with Crippen molar-refractivity contribution in [1.82, 2.24) is 20.4 Å². The normalized spacial score (nSPS) is 17.6. The van der Waals surface area contributed by atoms with Gasteiger partial charge in [0.05, 0.1) is 6.04 Å². The van der Waals surface area contributed by atoms with E-state index in [1.807, 2.05) is 19.1 Å². The molecule has 1 aliphatic heterocycles. The van der Waals surface area contributed by atoms with Gasteiger partial charge in [0.25, 0.3) is 0 Å². The molecule has 37 heavy (non-hydrogen) atoms. The van der Waals surface area contributed by atoms with Crippen molar-refractivity contribution >= 4 is 29.5 Å². The van der Waals surface area contributed by atoms with Crippen molar-refractivity contribution < 1.29 is 23.9 Å². The van der Waals surface area contributed by atoms with Crippen molar-refractivity contribution in [2.45, 2.75) is 50.7 Å². The van der Waals surface area contributed by atoms with E-state index in [9.17, 15) is 23.9 Å². The van der Waals surface area contributed by atoms with Gasteiger partial charge in [0.1, 0.15) is 11.9 Å². The van der Waals surface area contributed by atoms with E-state index in [-0.39, 0.29) is 24.3 Å². The number of halogens is 2. The topological polar surface area (TPSA) is 102 Å². The maximum absolute atomic E-state index is 13.6. The van der Waals surface area contributed by atoms with E-state index in [1.54, 1.807) is 36.2 Å². The third-order valence-electron chi connectivity index (χ3n) is 6.70. The number of rotatable bonds is 10. The standard InChI is InChI=1S/C27H34ClFN4O4/c1-3-4-22-17-32(24(25(34)30-2)16-19-5-9-20(28)10-6-19)13-14-33(22)26(35)23(31-27(36)37)15-18-7-11-21(29)12-8-18/h5-12,22-24,31H,3-4,13-17H2,1-2H3,(H,30,34)(H,36,37). The van der Waals surface area contributed by atoms with Crippen LogP contribution in [0.3, 0.4) is 0 Å². The van der Waals surface area contributed by atoms with Crippen LogP contribution in [0.15, 0.2) is 48.5 Å². The number of carbonyl (C=O) groups is 3. The van der Waals surface area contributed by atoms with Crippen LogP contribution in [-0.4, -0.2) is 77.6 Å². The Kier molecular flexibility index (Phi) is 10.3. The Morgan fingerprint density at radius 1 is 1.05 bits per heavy atom. The highest BCUT2D eigenvalue weighted by Gasteiger charge is 2.38. The fraction of sp³-hybridized carbons (Fsp3) is 0.444. The zero-order valence-electron chi connectivity index (χ0n) is 21.1. The van der Waals surface area contributed by atoms with Crippen molar-refractivity contribution in [2.24, 2.45) is 0 Å². The summed E-state index contributed by atoms with van der Waals surface area (Å²) in [6, 6.07) is 11.5. The number of hydrogen-bond donors (Lipinski definition) is 3. The van der Waals surface area contributed by atoms with Gasteiger partial charge in [0, 0.05) is 44.2 Å². The van der Waals surface area contributed by atoms with Gasteiger partial charge in [-0.1, -0.05) is 49.2 Å². The molecule has 1 aliphatic rings. The first kappa shape index (κ1) is 28.4. The van der Waals surface area contributed by atoms with Gasteiger partial charge in [-0.15, -0.1) is 0 Å². The van der Waals surface area contributed by atoms with E-state index in [1.165, 1.54) is 12.1 Å². The molecule has 0 saturated carbocycles. The molecule has 2 aromatic rings. The lowest BCUT2D eigenvalue weighted by atomic mass is 9.98. The average molecular weight is 533 g/mol. The molecule has 1 heterocycles. The number of benzene rings is 2. The van der Waals surface area contributed by atoms with Crippen LogP contribution in [0.1, 0.15) is 30.9 Å². The summed E-state index contributed by atoms with van der Waals surface area (Å²) in [5.74, 6) is -0.827. The molecule has 200 valence electrons. The second-order valence-corrected chi connectivity index (χ2v) is 9.70. The first-order valence-electron chi connectivity index (χ1n) is 12.5. The van der Waals surface area contributed by atoms with E-state index in [2.05, 4.69) is 15.5 Å². The monoisotopic (exact) mass is 532 g/mol. The van der Waals surface area contributed by atoms with Crippen LogP contribution < -0.4 is 10.6 Å². The molecule has 3 N–H and O–H groups in total. The molecule has 1 fully saturated rings. The second-order valence-electron chi connectivity index (χ2n) is 9.26. The highest BCUT2D eigenvalue weighted by Crippen LogP contribution is 2.22. The summed E-state index contributed by atoms with van der Waals surface area (Å²) < 4.78 is 13.3. The minimum absolute atomic E-state index is 0.105. The summed E-state index contributed by atoms with van der Waals surface area (Å²) in [5.41, 5.74) is 1.63. The summed E-state index contributed by atoms with van der Waals surface area (Å²) in [4.78, 5) is 41.8. The van der Waals surface area contributed by atoms with Crippen molar-refractivity contribution in [3.8, 4) is 0 Å². The Morgan fingerprint density at radius 3 is 2.27 bits per heavy atom. The number of piperazine rings is 1. The van der Waals surface area contributed by atoms with E-state index >= 15 is 0 Å². The van der Waals surface area contributed by atoms with Crippen LogP contribution in [0.25, 0.3) is 0 Å². The van der Waals surface area contributed by atoms with Crippen molar-refractivity contribution in [3.63, 3.8) is 0 Å². The van der Waals surface area contributed by atoms with Gasteiger partial charge >= 0.3 is 6.09 Å². The SMILES string of the molecule is CCCC1CN(C(Cc2ccc(Cl)cc2)C(=O)NC)CCN1C(=O)C(Cc1ccc(F)cc1)NC(=O)O. The third-order valence-corrected chi connectivity index (χ3v) is 6.95. The summed E-state index contributed by atoms with van der Waals surface area (Å²) in [7, 11) is 1.61. The van der Waals surface area contributed by atoms with E-state index < -0.39 is 24.0 Å². The van der Waals surface area contributed by atoms with E-state index in [4.69, 9.17) is 11.6 Å². The van der Waals surface area contributed by atoms with E-state index in [0.717, 1.165) is 12.0 Å². The molecule has 0 aromatic heterocycles. The van der Waals surface area contributed by atoms with Gasteiger partial charge in [-0.25, -0.2) is 9.18 Å². The molecular weight excluding hydrogens is 499 g/mol. The lowest BCUT2D eigenvalue weighted by Crippen LogP contribution is -2.63. The first-order valence-corrected chi connectivity index (χ1v) is 12.8. The molecule has 10 heteroatoms. The number of amides is 3. The minimum atomic E-state index is -1.30. The predicted octanol–water partition coefficient (Wildman–Crippen LogP) is 3.33. The first-order chi connectivity index (χ1) is 17.7. The molecule has 0 spiro atoms. The van der Waals surface area contributed by atoms with Crippen LogP contribution in [0, 0.1) is 5.82 Å². The molecule has 3 rings (SSSR count). The Hall–Kier alpha value is -3.17. The smallest absolute Gasteiger partial charge is 0.405 e. The Balaban J connectivity index is 1.78. The van der Waals surface area contributed by atoms with Crippen molar-refractivity contribution in [2.75, 3.05) is 26.7 Å². The highest BCUT2D eigenvalue weighted by atomic mass is 35.5. The zero-order chi connectivity index (χ0) is 26.9. The summed E-state index contributed by atoms with van der Waals surface area (Å²) >= 11 is 6.02. The molecule has 8 nitrogen and oxygen atoms in total.